The Hall–Kier alpha value is -0.410. The first-order valence-corrected chi connectivity index (χ1v) is 6.92. The second-order valence-corrected chi connectivity index (χ2v) is 6.68. The van der Waals surface area contributed by atoms with Gasteiger partial charge in [-0.15, -0.1) is 0 Å². The van der Waals surface area contributed by atoms with Crippen molar-refractivity contribution in [1.29, 1.82) is 0 Å². The van der Waals surface area contributed by atoms with Crippen LogP contribution >= 0.6 is 15.9 Å². The van der Waals surface area contributed by atoms with E-state index < -0.39 is 0 Å². The molecule has 0 saturated heterocycles. The van der Waals surface area contributed by atoms with E-state index in [1.807, 2.05) is 6.07 Å². The molecule has 0 amide bonds. The SMILES string of the molecule is CC1(C)CCC(NCc2cc(F)cc(Br)c2)C1. The van der Waals surface area contributed by atoms with Crippen molar-refractivity contribution in [3.8, 4) is 0 Å². The highest BCUT2D eigenvalue weighted by Crippen LogP contribution is 2.37. The van der Waals surface area contributed by atoms with Crippen LogP contribution in [0.4, 0.5) is 4.39 Å². The van der Waals surface area contributed by atoms with E-state index in [2.05, 4.69) is 35.1 Å². The van der Waals surface area contributed by atoms with Crippen molar-refractivity contribution in [2.45, 2.75) is 45.7 Å². The van der Waals surface area contributed by atoms with Crippen molar-refractivity contribution in [2.75, 3.05) is 0 Å². The molecule has 2 rings (SSSR count). The lowest BCUT2D eigenvalue weighted by molar-refractivity contribution is 0.364. The third-order valence-electron chi connectivity index (χ3n) is 3.49. The minimum absolute atomic E-state index is 0.178. The highest BCUT2D eigenvalue weighted by molar-refractivity contribution is 9.10. The summed E-state index contributed by atoms with van der Waals surface area (Å²) in [5.74, 6) is -0.178. The van der Waals surface area contributed by atoms with Crippen molar-refractivity contribution >= 4 is 15.9 Å². The first-order valence-electron chi connectivity index (χ1n) is 6.13. The molecule has 0 spiro atoms. The van der Waals surface area contributed by atoms with E-state index in [1.165, 1.54) is 25.3 Å². The molecule has 1 nitrogen and oxygen atoms in total. The van der Waals surface area contributed by atoms with E-state index in [9.17, 15) is 4.39 Å². The van der Waals surface area contributed by atoms with Crippen LogP contribution in [0.1, 0.15) is 38.7 Å². The summed E-state index contributed by atoms with van der Waals surface area (Å²) in [7, 11) is 0. The molecule has 1 aromatic carbocycles. The van der Waals surface area contributed by atoms with Gasteiger partial charge in [-0.25, -0.2) is 4.39 Å². The van der Waals surface area contributed by atoms with Gasteiger partial charge in [0.15, 0.2) is 0 Å². The van der Waals surface area contributed by atoms with Gasteiger partial charge in [0, 0.05) is 17.1 Å². The van der Waals surface area contributed by atoms with Gasteiger partial charge in [0.2, 0.25) is 0 Å². The maximum Gasteiger partial charge on any atom is 0.124 e. The monoisotopic (exact) mass is 299 g/mol. The standard InChI is InChI=1S/C14H19BrFN/c1-14(2)4-3-13(8-14)17-9-10-5-11(15)7-12(16)6-10/h5-7,13,17H,3-4,8-9H2,1-2H3. The summed E-state index contributed by atoms with van der Waals surface area (Å²) in [6.07, 6.45) is 3.71. The maximum absolute atomic E-state index is 13.2. The molecule has 1 saturated carbocycles. The number of hydrogen-bond donors (Lipinski definition) is 1. The van der Waals surface area contributed by atoms with E-state index >= 15 is 0 Å². The third-order valence-corrected chi connectivity index (χ3v) is 3.94. The Morgan fingerprint density at radius 3 is 2.76 bits per heavy atom. The van der Waals surface area contributed by atoms with E-state index in [0.29, 0.717) is 11.5 Å². The summed E-state index contributed by atoms with van der Waals surface area (Å²) in [5.41, 5.74) is 1.46. The highest BCUT2D eigenvalue weighted by Gasteiger charge is 2.30. The van der Waals surface area contributed by atoms with Crippen LogP contribution in [-0.4, -0.2) is 6.04 Å². The molecule has 1 N–H and O–H groups in total. The molecular weight excluding hydrogens is 281 g/mol. The van der Waals surface area contributed by atoms with Crippen LogP contribution in [0, 0.1) is 11.2 Å². The minimum Gasteiger partial charge on any atom is -0.310 e. The van der Waals surface area contributed by atoms with Gasteiger partial charge in [-0.05, 0) is 48.4 Å². The van der Waals surface area contributed by atoms with Crippen LogP contribution in [0.5, 0.6) is 0 Å². The van der Waals surface area contributed by atoms with Crippen molar-refractivity contribution in [3.63, 3.8) is 0 Å². The Labute approximate surface area is 111 Å². The van der Waals surface area contributed by atoms with Gasteiger partial charge >= 0.3 is 0 Å². The highest BCUT2D eigenvalue weighted by atomic mass is 79.9. The smallest absolute Gasteiger partial charge is 0.124 e. The van der Waals surface area contributed by atoms with Crippen LogP contribution < -0.4 is 5.32 Å². The van der Waals surface area contributed by atoms with Gasteiger partial charge in [0.05, 0.1) is 0 Å². The number of benzene rings is 1. The van der Waals surface area contributed by atoms with Gasteiger partial charge in [0.25, 0.3) is 0 Å². The largest absolute Gasteiger partial charge is 0.310 e. The third kappa shape index (κ3) is 3.78. The average Bonchev–Trinajstić information content (AvgIpc) is 2.54. The van der Waals surface area contributed by atoms with Gasteiger partial charge in [-0.3, -0.25) is 0 Å². The molecule has 17 heavy (non-hydrogen) atoms. The van der Waals surface area contributed by atoms with Crippen molar-refractivity contribution < 1.29 is 4.39 Å². The molecule has 0 bridgehead atoms. The zero-order chi connectivity index (χ0) is 12.5. The summed E-state index contributed by atoms with van der Waals surface area (Å²) >= 11 is 3.32. The first-order chi connectivity index (χ1) is 7.94. The molecule has 0 aromatic heterocycles. The quantitative estimate of drug-likeness (QED) is 0.879. The Morgan fingerprint density at radius 2 is 2.18 bits per heavy atom. The Balaban J connectivity index is 1.90. The van der Waals surface area contributed by atoms with Gasteiger partial charge in [-0.1, -0.05) is 29.8 Å². The zero-order valence-corrected chi connectivity index (χ0v) is 12.0. The van der Waals surface area contributed by atoms with Crippen LogP contribution in [0.3, 0.4) is 0 Å². The van der Waals surface area contributed by atoms with E-state index in [0.717, 1.165) is 16.6 Å². The Morgan fingerprint density at radius 1 is 1.41 bits per heavy atom. The number of rotatable bonds is 3. The minimum atomic E-state index is -0.178. The molecule has 1 aliphatic carbocycles. The first kappa shape index (κ1) is 13.0. The summed E-state index contributed by atoms with van der Waals surface area (Å²) in [6.45, 7) is 5.37. The van der Waals surface area contributed by atoms with Crippen molar-refractivity contribution in [2.24, 2.45) is 5.41 Å². The fraction of sp³-hybridized carbons (Fsp3) is 0.571. The Bertz CT molecular complexity index is 383. The van der Waals surface area contributed by atoms with Crippen LogP contribution in [0.2, 0.25) is 0 Å². The average molecular weight is 300 g/mol. The number of halogens is 2. The van der Waals surface area contributed by atoms with Crippen molar-refractivity contribution in [3.05, 3.63) is 34.1 Å². The maximum atomic E-state index is 13.2. The number of nitrogens with one attached hydrogen (secondary N) is 1. The molecule has 1 atom stereocenters. The van der Waals surface area contributed by atoms with E-state index in [-0.39, 0.29) is 5.82 Å². The lowest BCUT2D eigenvalue weighted by atomic mass is 9.92. The molecule has 1 aliphatic rings. The van der Waals surface area contributed by atoms with Gasteiger partial charge < -0.3 is 5.32 Å². The second-order valence-electron chi connectivity index (χ2n) is 5.76. The van der Waals surface area contributed by atoms with Crippen molar-refractivity contribution in [1.82, 2.24) is 5.32 Å². The molecule has 0 heterocycles. The van der Waals surface area contributed by atoms with Crippen LogP contribution in [-0.2, 0) is 6.54 Å². The lowest BCUT2D eigenvalue weighted by Crippen LogP contribution is -2.26. The summed E-state index contributed by atoms with van der Waals surface area (Å²) < 4.78 is 14.0. The Kier molecular flexibility index (Phi) is 3.88. The molecule has 1 aromatic rings. The number of hydrogen-bond acceptors (Lipinski definition) is 1. The van der Waals surface area contributed by atoms with Gasteiger partial charge in [0.1, 0.15) is 5.82 Å². The predicted molar refractivity (Wildman–Crippen MR) is 72.4 cm³/mol. The van der Waals surface area contributed by atoms with Crippen LogP contribution in [0.25, 0.3) is 0 Å². The van der Waals surface area contributed by atoms with Gasteiger partial charge in [-0.2, -0.15) is 0 Å². The van der Waals surface area contributed by atoms with E-state index in [1.54, 1.807) is 6.07 Å². The molecule has 3 heteroatoms. The molecule has 94 valence electrons. The predicted octanol–water partition coefficient (Wildman–Crippen LogP) is 4.26. The fourth-order valence-electron chi connectivity index (χ4n) is 2.59. The topological polar surface area (TPSA) is 12.0 Å². The molecule has 0 aliphatic heterocycles. The summed E-state index contributed by atoms with van der Waals surface area (Å²) in [5, 5.41) is 3.52. The molecule has 0 radical (unpaired) electrons. The summed E-state index contributed by atoms with van der Waals surface area (Å²) in [6, 6.07) is 5.63. The second kappa shape index (κ2) is 5.07. The lowest BCUT2D eigenvalue weighted by Gasteiger charge is -2.18. The molecule has 1 unspecified atom stereocenters. The summed E-state index contributed by atoms with van der Waals surface area (Å²) in [4.78, 5) is 0. The molecule has 1 fully saturated rings. The fourth-order valence-corrected chi connectivity index (χ4v) is 3.10. The van der Waals surface area contributed by atoms with E-state index in [4.69, 9.17) is 0 Å². The van der Waals surface area contributed by atoms with Crippen LogP contribution in [0.15, 0.2) is 22.7 Å². The zero-order valence-electron chi connectivity index (χ0n) is 10.4. The normalized spacial score (nSPS) is 22.9. The molecular formula is C14H19BrFN.